The molecule has 1 rings (SSSR count). The molecule has 0 heterocycles. The Labute approximate surface area is 118 Å². The van der Waals surface area contributed by atoms with Gasteiger partial charge < -0.3 is 15.0 Å². The summed E-state index contributed by atoms with van der Waals surface area (Å²) in [7, 11) is 3.56. The van der Waals surface area contributed by atoms with Gasteiger partial charge in [-0.25, -0.2) is 0 Å². The van der Waals surface area contributed by atoms with Crippen LogP contribution in [0.1, 0.15) is 5.56 Å². The fourth-order valence-corrected chi connectivity index (χ4v) is 1.84. The molecule has 0 amide bonds. The number of benzene rings is 1. The molecule has 0 saturated carbocycles. The zero-order valence-corrected chi connectivity index (χ0v) is 12.1. The van der Waals surface area contributed by atoms with E-state index in [2.05, 4.69) is 11.9 Å². The Morgan fingerprint density at radius 2 is 2.33 bits per heavy atom. The van der Waals surface area contributed by atoms with Crippen LogP contribution in [-0.2, 0) is 6.54 Å². The minimum absolute atomic E-state index is 0.632. The Hall–Kier alpha value is -1.26. The number of nitrogens with one attached hydrogen (secondary N) is 1. The normalized spacial score (nSPS) is 9.72. The van der Waals surface area contributed by atoms with E-state index < -0.39 is 0 Å². The van der Waals surface area contributed by atoms with Gasteiger partial charge in [-0.2, -0.15) is 0 Å². The maximum atomic E-state index is 5.98. The molecule has 5 heteroatoms. The predicted octanol–water partition coefficient (Wildman–Crippen LogP) is 2.84. The van der Waals surface area contributed by atoms with Crippen molar-refractivity contribution < 1.29 is 4.74 Å². The third kappa shape index (κ3) is 4.20. The summed E-state index contributed by atoms with van der Waals surface area (Å²) in [6, 6.07) is 5.54. The van der Waals surface area contributed by atoms with Gasteiger partial charge in [-0.05, 0) is 30.4 Å². The van der Waals surface area contributed by atoms with Gasteiger partial charge in [0.1, 0.15) is 5.75 Å². The zero-order chi connectivity index (χ0) is 13.5. The topological polar surface area (TPSA) is 24.5 Å². The minimum atomic E-state index is 0.632. The summed E-state index contributed by atoms with van der Waals surface area (Å²) in [6.07, 6.45) is 1.76. The van der Waals surface area contributed by atoms with Crippen LogP contribution in [0.2, 0.25) is 5.02 Å². The molecule has 0 aliphatic rings. The lowest BCUT2D eigenvalue weighted by atomic mass is 10.2. The van der Waals surface area contributed by atoms with Crippen molar-refractivity contribution in [1.29, 1.82) is 0 Å². The molecule has 0 radical (unpaired) electrons. The summed E-state index contributed by atoms with van der Waals surface area (Å²) in [6.45, 7) is 4.92. The van der Waals surface area contributed by atoms with E-state index in [0.29, 0.717) is 23.2 Å². The second-order valence-electron chi connectivity index (χ2n) is 3.79. The molecule has 18 heavy (non-hydrogen) atoms. The van der Waals surface area contributed by atoms with Crippen LogP contribution in [0.5, 0.6) is 5.75 Å². The first-order chi connectivity index (χ1) is 8.58. The predicted molar refractivity (Wildman–Crippen MR) is 80.3 cm³/mol. The molecule has 0 aliphatic carbocycles. The molecule has 0 bridgehead atoms. The van der Waals surface area contributed by atoms with E-state index in [9.17, 15) is 0 Å². The summed E-state index contributed by atoms with van der Waals surface area (Å²) >= 11 is 11.2. The maximum Gasteiger partial charge on any atom is 0.169 e. The van der Waals surface area contributed by atoms with Gasteiger partial charge in [-0.1, -0.05) is 17.7 Å². The molecule has 0 unspecified atom stereocenters. The smallest absolute Gasteiger partial charge is 0.169 e. The number of methoxy groups -OCH3 is 1. The molecule has 98 valence electrons. The van der Waals surface area contributed by atoms with E-state index in [1.807, 2.05) is 24.1 Å². The Morgan fingerprint density at radius 3 is 2.94 bits per heavy atom. The summed E-state index contributed by atoms with van der Waals surface area (Å²) in [4.78, 5) is 1.92. The molecule has 1 aromatic carbocycles. The van der Waals surface area contributed by atoms with Gasteiger partial charge >= 0.3 is 0 Å². The lowest BCUT2D eigenvalue weighted by Crippen LogP contribution is -2.36. The van der Waals surface area contributed by atoms with Crippen molar-refractivity contribution in [3.63, 3.8) is 0 Å². The van der Waals surface area contributed by atoms with Crippen molar-refractivity contribution in [1.82, 2.24) is 10.2 Å². The number of hydrogen-bond donors (Lipinski definition) is 1. The fraction of sp³-hybridized carbons (Fsp3) is 0.308. The van der Waals surface area contributed by atoms with E-state index in [4.69, 9.17) is 28.6 Å². The first-order valence-electron chi connectivity index (χ1n) is 5.50. The van der Waals surface area contributed by atoms with Crippen molar-refractivity contribution in [2.45, 2.75) is 6.54 Å². The zero-order valence-electron chi connectivity index (χ0n) is 10.6. The molecule has 1 aromatic rings. The highest BCUT2D eigenvalue weighted by Gasteiger charge is 2.09. The molecule has 1 N–H and O–H groups in total. The van der Waals surface area contributed by atoms with Gasteiger partial charge in [-0.15, -0.1) is 6.58 Å². The third-order valence-electron chi connectivity index (χ3n) is 2.39. The second-order valence-corrected chi connectivity index (χ2v) is 4.61. The van der Waals surface area contributed by atoms with Crippen molar-refractivity contribution in [2.75, 3.05) is 20.7 Å². The first-order valence-corrected chi connectivity index (χ1v) is 6.29. The fourth-order valence-electron chi connectivity index (χ4n) is 1.49. The monoisotopic (exact) mass is 284 g/mol. The largest absolute Gasteiger partial charge is 0.496 e. The van der Waals surface area contributed by atoms with E-state index >= 15 is 0 Å². The van der Waals surface area contributed by atoms with Crippen LogP contribution in [-0.4, -0.2) is 30.7 Å². The van der Waals surface area contributed by atoms with Crippen LogP contribution in [0.3, 0.4) is 0 Å². The quantitative estimate of drug-likeness (QED) is 0.664. The molecule has 0 atom stereocenters. The highest BCUT2D eigenvalue weighted by Crippen LogP contribution is 2.23. The van der Waals surface area contributed by atoms with Crippen LogP contribution in [0.15, 0.2) is 30.9 Å². The Kier molecular flexibility index (Phi) is 5.95. The van der Waals surface area contributed by atoms with Gasteiger partial charge in [0.05, 0.1) is 7.11 Å². The molecule has 3 nitrogen and oxygen atoms in total. The number of nitrogens with zero attached hydrogens (tertiary/aromatic N) is 1. The van der Waals surface area contributed by atoms with Crippen molar-refractivity contribution in [3.05, 3.63) is 41.4 Å². The van der Waals surface area contributed by atoms with Gasteiger partial charge in [0.15, 0.2) is 5.11 Å². The average molecular weight is 285 g/mol. The summed E-state index contributed by atoms with van der Waals surface area (Å²) in [5, 5.41) is 4.42. The minimum Gasteiger partial charge on any atom is -0.496 e. The molecule has 0 fully saturated rings. The van der Waals surface area contributed by atoms with Crippen LogP contribution in [0.4, 0.5) is 0 Å². The van der Waals surface area contributed by atoms with E-state index in [1.54, 1.807) is 19.3 Å². The molecule has 0 saturated heterocycles. The Balaban J connectivity index is 2.74. The first kappa shape index (κ1) is 14.8. The molecule has 0 aromatic heterocycles. The maximum absolute atomic E-state index is 5.98. The van der Waals surface area contributed by atoms with Gasteiger partial charge in [0.2, 0.25) is 0 Å². The average Bonchev–Trinajstić information content (AvgIpc) is 2.36. The Bertz CT molecular complexity index is 437. The van der Waals surface area contributed by atoms with Crippen LogP contribution >= 0.6 is 23.8 Å². The highest BCUT2D eigenvalue weighted by atomic mass is 35.5. The third-order valence-corrected chi connectivity index (χ3v) is 3.09. The molecule has 0 spiro atoms. The van der Waals surface area contributed by atoms with E-state index in [-0.39, 0.29) is 0 Å². The highest BCUT2D eigenvalue weighted by molar-refractivity contribution is 7.80. The molecule has 0 aliphatic heterocycles. The Morgan fingerprint density at radius 1 is 1.61 bits per heavy atom. The number of halogens is 1. The summed E-state index contributed by atoms with van der Waals surface area (Å²) in [5.41, 5.74) is 0.996. The summed E-state index contributed by atoms with van der Waals surface area (Å²) < 4.78 is 5.30. The van der Waals surface area contributed by atoms with Gasteiger partial charge in [-0.3, -0.25) is 0 Å². The lowest BCUT2D eigenvalue weighted by molar-refractivity contribution is 0.398. The second kappa shape index (κ2) is 7.24. The van der Waals surface area contributed by atoms with Crippen LogP contribution in [0.25, 0.3) is 0 Å². The number of rotatable bonds is 5. The van der Waals surface area contributed by atoms with Crippen LogP contribution in [0, 0.1) is 0 Å². The van der Waals surface area contributed by atoms with Crippen molar-refractivity contribution >= 4 is 28.9 Å². The standard InChI is InChI=1S/C13H17ClN2OS/c1-4-7-15-13(18)16(2)9-10-8-11(14)5-6-12(10)17-3/h4-6,8H,1,7,9H2,2-3H3,(H,15,18). The van der Waals surface area contributed by atoms with Gasteiger partial charge in [0.25, 0.3) is 0 Å². The lowest BCUT2D eigenvalue weighted by Gasteiger charge is -2.21. The molecular weight excluding hydrogens is 268 g/mol. The molecular formula is C13H17ClN2OS. The number of hydrogen-bond acceptors (Lipinski definition) is 2. The number of ether oxygens (including phenoxy) is 1. The van der Waals surface area contributed by atoms with Crippen molar-refractivity contribution in [3.8, 4) is 5.75 Å². The number of thiocarbonyl (C=S) groups is 1. The van der Waals surface area contributed by atoms with Crippen molar-refractivity contribution in [2.24, 2.45) is 0 Å². The van der Waals surface area contributed by atoms with Crippen LogP contribution < -0.4 is 10.1 Å². The van der Waals surface area contributed by atoms with Gasteiger partial charge in [0, 0.05) is 30.7 Å². The van der Waals surface area contributed by atoms with E-state index in [1.165, 1.54) is 0 Å². The van der Waals surface area contributed by atoms with E-state index in [0.717, 1.165) is 11.3 Å². The SMILES string of the molecule is C=CCNC(=S)N(C)Cc1cc(Cl)ccc1OC. The summed E-state index contributed by atoms with van der Waals surface area (Å²) in [5.74, 6) is 0.803.